The topological polar surface area (TPSA) is 69.6 Å². The number of rotatable bonds is 4. The summed E-state index contributed by atoms with van der Waals surface area (Å²) in [4.78, 5) is 24.5. The first kappa shape index (κ1) is 15.1. The first-order chi connectivity index (χ1) is 9.47. The summed E-state index contributed by atoms with van der Waals surface area (Å²) in [6, 6.07) is 4.58. The molecule has 1 aromatic carbocycles. The quantitative estimate of drug-likeness (QED) is 0.888. The van der Waals surface area contributed by atoms with Crippen LogP contribution >= 0.6 is 23.2 Å². The van der Waals surface area contributed by atoms with Crippen LogP contribution in [-0.4, -0.2) is 41.0 Å². The molecule has 0 aromatic heterocycles. The molecule has 1 heterocycles. The van der Waals surface area contributed by atoms with Gasteiger partial charge in [0.15, 0.2) is 0 Å². The molecule has 0 spiro atoms. The minimum Gasteiger partial charge on any atom is -0.481 e. The fourth-order valence-electron chi connectivity index (χ4n) is 2.21. The Hall–Kier alpha value is -1.30. The van der Waals surface area contributed by atoms with Gasteiger partial charge < -0.3 is 10.4 Å². The van der Waals surface area contributed by atoms with Crippen LogP contribution in [0, 0.1) is 0 Å². The lowest BCUT2D eigenvalue weighted by Gasteiger charge is -2.34. The van der Waals surface area contributed by atoms with Crippen molar-refractivity contribution in [3.63, 3.8) is 0 Å². The van der Waals surface area contributed by atoms with Gasteiger partial charge in [0, 0.05) is 19.6 Å². The Morgan fingerprint density at radius 2 is 2.15 bits per heavy atom. The Labute approximate surface area is 126 Å². The molecule has 1 amide bonds. The van der Waals surface area contributed by atoms with Crippen LogP contribution in [0.3, 0.4) is 0 Å². The fourth-order valence-corrected chi connectivity index (χ4v) is 2.53. The molecule has 1 unspecified atom stereocenters. The number of benzene rings is 1. The number of piperazine rings is 1. The van der Waals surface area contributed by atoms with E-state index in [0.29, 0.717) is 29.7 Å². The van der Waals surface area contributed by atoms with Crippen LogP contribution in [0.2, 0.25) is 10.0 Å². The standard InChI is InChI=1S/C13H14Cl2N2O3/c14-9-2-1-8(5-10(9)15)7-17-4-3-16-13(20)11(17)6-12(18)19/h1-2,5,11H,3-4,6-7H2,(H,16,20)(H,18,19). The smallest absolute Gasteiger partial charge is 0.305 e. The van der Waals surface area contributed by atoms with E-state index in [0.717, 1.165) is 5.56 Å². The normalized spacial score (nSPS) is 19.7. The van der Waals surface area contributed by atoms with Gasteiger partial charge in [-0.1, -0.05) is 29.3 Å². The minimum absolute atomic E-state index is 0.215. The SMILES string of the molecule is O=C(O)CC1C(=O)NCCN1Cc1ccc(Cl)c(Cl)c1. The van der Waals surface area contributed by atoms with Crippen molar-refractivity contribution in [2.24, 2.45) is 0 Å². The van der Waals surface area contributed by atoms with Crippen LogP contribution in [0.25, 0.3) is 0 Å². The summed E-state index contributed by atoms with van der Waals surface area (Å²) < 4.78 is 0. The maximum atomic E-state index is 11.8. The molecule has 1 aliphatic rings. The number of carboxylic acids is 1. The number of carbonyl (C=O) groups is 2. The number of amides is 1. The summed E-state index contributed by atoms with van der Waals surface area (Å²) in [5, 5.41) is 12.5. The van der Waals surface area contributed by atoms with Gasteiger partial charge >= 0.3 is 5.97 Å². The number of hydrogen-bond donors (Lipinski definition) is 2. The van der Waals surface area contributed by atoms with Gasteiger partial charge in [-0.25, -0.2) is 0 Å². The second-order valence-electron chi connectivity index (χ2n) is 4.62. The highest BCUT2D eigenvalue weighted by molar-refractivity contribution is 6.42. The molecule has 1 atom stereocenters. The van der Waals surface area contributed by atoms with Crippen molar-refractivity contribution in [1.82, 2.24) is 10.2 Å². The first-order valence-electron chi connectivity index (χ1n) is 6.15. The van der Waals surface area contributed by atoms with Crippen molar-refractivity contribution < 1.29 is 14.7 Å². The average molecular weight is 317 g/mol. The number of nitrogens with one attached hydrogen (secondary N) is 1. The second-order valence-corrected chi connectivity index (χ2v) is 5.44. The van der Waals surface area contributed by atoms with Gasteiger partial charge in [-0.15, -0.1) is 0 Å². The summed E-state index contributed by atoms with van der Waals surface area (Å²) in [7, 11) is 0. The van der Waals surface area contributed by atoms with Crippen LogP contribution < -0.4 is 5.32 Å². The van der Waals surface area contributed by atoms with Gasteiger partial charge in [0.2, 0.25) is 5.91 Å². The lowest BCUT2D eigenvalue weighted by molar-refractivity contribution is -0.143. The Kier molecular flexibility index (Phi) is 4.86. The summed E-state index contributed by atoms with van der Waals surface area (Å²) in [5.41, 5.74) is 0.893. The van der Waals surface area contributed by atoms with E-state index in [1.165, 1.54) is 0 Å². The zero-order valence-electron chi connectivity index (χ0n) is 10.6. The monoisotopic (exact) mass is 316 g/mol. The summed E-state index contributed by atoms with van der Waals surface area (Å²) >= 11 is 11.8. The molecule has 7 heteroatoms. The van der Waals surface area contributed by atoms with E-state index in [1.807, 2.05) is 11.0 Å². The third-order valence-corrected chi connectivity index (χ3v) is 3.92. The molecule has 0 saturated carbocycles. The van der Waals surface area contributed by atoms with Crippen LogP contribution in [0.1, 0.15) is 12.0 Å². The number of carboxylic acid groups (broad SMARTS) is 1. The van der Waals surface area contributed by atoms with Crippen LogP contribution in [0.4, 0.5) is 0 Å². The Morgan fingerprint density at radius 3 is 2.80 bits per heavy atom. The molecule has 2 N–H and O–H groups in total. The van der Waals surface area contributed by atoms with Crippen molar-refractivity contribution in [1.29, 1.82) is 0 Å². The predicted octanol–water partition coefficient (Wildman–Crippen LogP) is 1.77. The third kappa shape index (κ3) is 3.62. The number of hydrogen-bond acceptors (Lipinski definition) is 3. The zero-order chi connectivity index (χ0) is 14.7. The molecule has 20 heavy (non-hydrogen) atoms. The van der Waals surface area contributed by atoms with Crippen LogP contribution in [-0.2, 0) is 16.1 Å². The molecule has 108 valence electrons. The van der Waals surface area contributed by atoms with Gasteiger partial charge in [0.05, 0.1) is 16.5 Å². The van der Waals surface area contributed by atoms with E-state index in [9.17, 15) is 9.59 Å². The number of aliphatic carboxylic acids is 1. The molecule has 5 nitrogen and oxygen atoms in total. The molecular formula is C13H14Cl2N2O3. The van der Waals surface area contributed by atoms with E-state index in [2.05, 4.69) is 5.32 Å². The lowest BCUT2D eigenvalue weighted by Crippen LogP contribution is -2.55. The van der Waals surface area contributed by atoms with Crippen molar-refractivity contribution in [2.45, 2.75) is 19.0 Å². The predicted molar refractivity (Wildman–Crippen MR) is 75.9 cm³/mol. The number of carbonyl (C=O) groups excluding carboxylic acids is 1. The van der Waals surface area contributed by atoms with E-state index in [-0.39, 0.29) is 12.3 Å². The highest BCUT2D eigenvalue weighted by atomic mass is 35.5. The first-order valence-corrected chi connectivity index (χ1v) is 6.90. The Balaban J connectivity index is 2.13. The Bertz CT molecular complexity index is 536. The third-order valence-electron chi connectivity index (χ3n) is 3.18. The summed E-state index contributed by atoms with van der Waals surface area (Å²) in [6.07, 6.45) is -0.215. The molecule has 1 aromatic rings. The van der Waals surface area contributed by atoms with Crippen molar-refractivity contribution >= 4 is 35.1 Å². The fraction of sp³-hybridized carbons (Fsp3) is 0.385. The van der Waals surface area contributed by atoms with E-state index in [4.69, 9.17) is 28.3 Å². The van der Waals surface area contributed by atoms with E-state index in [1.54, 1.807) is 12.1 Å². The van der Waals surface area contributed by atoms with Crippen molar-refractivity contribution in [3.05, 3.63) is 33.8 Å². The van der Waals surface area contributed by atoms with E-state index >= 15 is 0 Å². The van der Waals surface area contributed by atoms with Gasteiger partial charge in [-0.3, -0.25) is 14.5 Å². The average Bonchev–Trinajstić information content (AvgIpc) is 2.38. The summed E-state index contributed by atoms with van der Waals surface area (Å²) in [5.74, 6) is -1.25. The molecule has 1 fully saturated rings. The van der Waals surface area contributed by atoms with Crippen molar-refractivity contribution in [2.75, 3.05) is 13.1 Å². The second kappa shape index (κ2) is 6.43. The molecule has 0 aliphatic carbocycles. The largest absolute Gasteiger partial charge is 0.481 e. The molecule has 1 aliphatic heterocycles. The van der Waals surface area contributed by atoms with Gasteiger partial charge in [-0.05, 0) is 17.7 Å². The van der Waals surface area contributed by atoms with E-state index < -0.39 is 12.0 Å². The summed E-state index contributed by atoms with van der Waals surface area (Å²) in [6.45, 7) is 1.57. The highest BCUT2D eigenvalue weighted by Gasteiger charge is 2.31. The van der Waals surface area contributed by atoms with Crippen LogP contribution in [0.15, 0.2) is 18.2 Å². The van der Waals surface area contributed by atoms with Crippen molar-refractivity contribution in [3.8, 4) is 0 Å². The maximum absolute atomic E-state index is 11.8. The highest BCUT2D eigenvalue weighted by Crippen LogP contribution is 2.24. The molecular weight excluding hydrogens is 303 g/mol. The molecule has 0 radical (unpaired) electrons. The lowest BCUT2D eigenvalue weighted by atomic mass is 10.1. The molecule has 2 rings (SSSR count). The van der Waals surface area contributed by atoms with Gasteiger partial charge in [-0.2, -0.15) is 0 Å². The zero-order valence-corrected chi connectivity index (χ0v) is 12.1. The Morgan fingerprint density at radius 1 is 1.40 bits per heavy atom. The number of halogens is 2. The molecule has 0 bridgehead atoms. The maximum Gasteiger partial charge on any atom is 0.305 e. The van der Waals surface area contributed by atoms with Gasteiger partial charge in [0.1, 0.15) is 6.04 Å². The minimum atomic E-state index is -0.994. The van der Waals surface area contributed by atoms with Gasteiger partial charge in [0.25, 0.3) is 0 Å². The number of nitrogens with zero attached hydrogens (tertiary/aromatic N) is 1. The molecule has 1 saturated heterocycles. The van der Waals surface area contributed by atoms with Crippen LogP contribution in [0.5, 0.6) is 0 Å².